The second kappa shape index (κ2) is 6.70. The van der Waals surface area contributed by atoms with Gasteiger partial charge in [0.1, 0.15) is 0 Å². The van der Waals surface area contributed by atoms with Crippen LogP contribution in [0.25, 0.3) is 0 Å². The number of hydrogen-bond donors (Lipinski definition) is 1. The lowest BCUT2D eigenvalue weighted by atomic mass is 10.2. The van der Waals surface area contributed by atoms with Gasteiger partial charge in [-0.25, -0.2) is 0 Å². The standard InChI is InChI=1S/C7H13O/c1-2-3-4-5-6-7-8/h2,4,8H,1,3,5-7H2. The number of unbranched alkanes of at least 4 members (excludes halogenated alkanes) is 3. The van der Waals surface area contributed by atoms with Gasteiger partial charge in [-0.05, 0) is 25.7 Å². The van der Waals surface area contributed by atoms with Crippen LogP contribution in [0.1, 0.15) is 19.3 Å². The molecule has 1 radical (unpaired) electrons. The van der Waals surface area contributed by atoms with E-state index in [1.165, 1.54) is 0 Å². The highest BCUT2D eigenvalue weighted by Crippen LogP contribution is 1.96. The van der Waals surface area contributed by atoms with E-state index in [2.05, 4.69) is 13.0 Å². The zero-order valence-corrected chi connectivity index (χ0v) is 5.14. The van der Waals surface area contributed by atoms with Crippen molar-refractivity contribution in [1.82, 2.24) is 0 Å². The summed E-state index contributed by atoms with van der Waals surface area (Å²) in [6, 6.07) is 0. The van der Waals surface area contributed by atoms with Crippen LogP contribution in [0.5, 0.6) is 0 Å². The van der Waals surface area contributed by atoms with Crippen molar-refractivity contribution in [3.63, 3.8) is 0 Å². The zero-order valence-electron chi connectivity index (χ0n) is 5.14. The van der Waals surface area contributed by atoms with Crippen molar-refractivity contribution in [2.75, 3.05) is 6.61 Å². The van der Waals surface area contributed by atoms with Crippen LogP contribution in [0.2, 0.25) is 0 Å². The molecule has 1 N–H and O–H groups in total. The van der Waals surface area contributed by atoms with E-state index in [1.807, 2.05) is 6.08 Å². The van der Waals surface area contributed by atoms with Crippen LogP contribution in [0.15, 0.2) is 12.7 Å². The average molecular weight is 113 g/mol. The summed E-state index contributed by atoms with van der Waals surface area (Å²) in [5.74, 6) is 0. The molecule has 47 valence electrons. The van der Waals surface area contributed by atoms with Crippen LogP contribution in [0.3, 0.4) is 0 Å². The van der Waals surface area contributed by atoms with Crippen molar-refractivity contribution in [3.8, 4) is 0 Å². The molecule has 0 saturated heterocycles. The summed E-state index contributed by atoms with van der Waals surface area (Å²) >= 11 is 0. The van der Waals surface area contributed by atoms with Gasteiger partial charge in [0.2, 0.25) is 0 Å². The van der Waals surface area contributed by atoms with Gasteiger partial charge in [0.05, 0.1) is 0 Å². The Hall–Kier alpha value is -0.300. The molecule has 0 rings (SSSR count). The highest BCUT2D eigenvalue weighted by Gasteiger charge is 1.82. The van der Waals surface area contributed by atoms with E-state index in [4.69, 9.17) is 5.11 Å². The third kappa shape index (κ3) is 5.70. The molecule has 8 heavy (non-hydrogen) atoms. The lowest BCUT2D eigenvalue weighted by Gasteiger charge is -1.91. The monoisotopic (exact) mass is 113 g/mol. The Balaban J connectivity index is 2.62. The lowest BCUT2D eigenvalue weighted by molar-refractivity contribution is 0.288. The molecule has 1 nitrogen and oxygen atoms in total. The molecule has 0 atom stereocenters. The highest BCUT2D eigenvalue weighted by molar-refractivity contribution is 4.77. The molecule has 0 aliphatic heterocycles. The number of aliphatic hydroxyl groups is 1. The molecular weight excluding hydrogens is 100 g/mol. The molecule has 0 aromatic rings. The van der Waals surface area contributed by atoms with E-state index in [-0.39, 0.29) is 0 Å². The van der Waals surface area contributed by atoms with Crippen molar-refractivity contribution in [3.05, 3.63) is 19.1 Å². The van der Waals surface area contributed by atoms with Crippen molar-refractivity contribution >= 4 is 0 Å². The van der Waals surface area contributed by atoms with Gasteiger partial charge in [-0.3, -0.25) is 0 Å². The number of rotatable bonds is 5. The number of aliphatic hydroxyl groups excluding tert-OH is 1. The second-order valence-corrected chi connectivity index (χ2v) is 1.68. The Morgan fingerprint density at radius 3 is 2.75 bits per heavy atom. The summed E-state index contributed by atoms with van der Waals surface area (Å²) in [5.41, 5.74) is 0. The molecular formula is C7H13O. The Morgan fingerprint density at radius 1 is 1.50 bits per heavy atom. The van der Waals surface area contributed by atoms with Crippen LogP contribution in [0.4, 0.5) is 0 Å². The summed E-state index contributed by atoms with van der Waals surface area (Å²) < 4.78 is 0. The van der Waals surface area contributed by atoms with Gasteiger partial charge in [0, 0.05) is 6.61 Å². The van der Waals surface area contributed by atoms with E-state index in [1.54, 1.807) is 0 Å². The van der Waals surface area contributed by atoms with Gasteiger partial charge in [-0.15, -0.1) is 6.58 Å². The quantitative estimate of drug-likeness (QED) is 0.423. The Kier molecular flexibility index (Phi) is 6.45. The van der Waals surface area contributed by atoms with Gasteiger partial charge in [-0.1, -0.05) is 6.08 Å². The van der Waals surface area contributed by atoms with Gasteiger partial charge in [0.15, 0.2) is 0 Å². The first-order chi connectivity index (χ1) is 3.91. The topological polar surface area (TPSA) is 20.2 Å². The first kappa shape index (κ1) is 7.70. The largest absolute Gasteiger partial charge is 0.396 e. The van der Waals surface area contributed by atoms with E-state index in [0.29, 0.717) is 6.61 Å². The summed E-state index contributed by atoms with van der Waals surface area (Å²) in [4.78, 5) is 0. The lowest BCUT2D eigenvalue weighted by Crippen LogP contribution is -1.81. The van der Waals surface area contributed by atoms with Crippen molar-refractivity contribution in [1.29, 1.82) is 0 Å². The maximum absolute atomic E-state index is 8.32. The van der Waals surface area contributed by atoms with Crippen molar-refractivity contribution in [2.45, 2.75) is 19.3 Å². The van der Waals surface area contributed by atoms with E-state index < -0.39 is 0 Å². The zero-order chi connectivity index (χ0) is 6.24. The molecule has 0 aromatic heterocycles. The van der Waals surface area contributed by atoms with Crippen LogP contribution >= 0.6 is 0 Å². The first-order valence-corrected chi connectivity index (χ1v) is 2.95. The molecule has 0 aliphatic rings. The Labute approximate surface area is 51.0 Å². The van der Waals surface area contributed by atoms with Crippen molar-refractivity contribution in [2.24, 2.45) is 0 Å². The normalized spacial score (nSPS) is 9.12. The van der Waals surface area contributed by atoms with E-state index in [9.17, 15) is 0 Å². The smallest absolute Gasteiger partial charge is 0.0431 e. The van der Waals surface area contributed by atoms with Gasteiger partial charge < -0.3 is 5.11 Å². The minimum atomic E-state index is 0.299. The fourth-order valence-corrected chi connectivity index (χ4v) is 0.471. The fraction of sp³-hybridized carbons (Fsp3) is 0.571. The van der Waals surface area contributed by atoms with Gasteiger partial charge in [0.25, 0.3) is 0 Å². The SMILES string of the molecule is C=CC[CH]CCCO. The first-order valence-electron chi connectivity index (χ1n) is 2.95. The van der Waals surface area contributed by atoms with Crippen LogP contribution in [0, 0.1) is 6.42 Å². The molecule has 0 heterocycles. The molecule has 0 aromatic carbocycles. The van der Waals surface area contributed by atoms with Crippen LogP contribution < -0.4 is 0 Å². The summed E-state index contributed by atoms with van der Waals surface area (Å²) in [7, 11) is 0. The predicted molar refractivity (Wildman–Crippen MR) is 35.4 cm³/mol. The molecule has 1 heteroatoms. The maximum Gasteiger partial charge on any atom is 0.0431 e. The molecule has 0 amide bonds. The second-order valence-electron chi connectivity index (χ2n) is 1.68. The van der Waals surface area contributed by atoms with Crippen molar-refractivity contribution < 1.29 is 5.11 Å². The highest BCUT2D eigenvalue weighted by atomic mass is 16.2. The minimum absolute atomic E-state index is 0.299. The summed E-state index contributed by atoms with van der Waals surface area (Å²) in [6.45, 7) is 3.86. The average Bonchev–Trinajstić information content (AvgIpc) is 1.81. The number of allylic oxidation sites excluding steroid dienone is 1. The van der Waals surface area contributed by atoms with Gasteiger partial charge >= 0.3 is 0 Å². The third-order valence-corrected chi connectivity index (χ3v) is 0.900. The molecule has 0 aliphatic carbocycles. The predicted octanol–water partition coefficient (Wildman–Crippen LogP) is 1.54. The summed E-state index contributed by atoms with van der Waals surface area (Å²) in [5, 5.41) is 8.32. The third-order valence-electron chi connectivity index (χ3n) is 0.900. The van der Waals surface area contributed by atoms with E-state index >= 15 is 0 Å². The summed E-state index contributed by atoms with van der Waals surface area (Å²) in [6.07, 6.45) is 6.82. The van der Waals surface area contributed by atoms with Crippen LogP contribution in [-0.2, 0) is 0 Å². The molecule has 0 saturated carbocycles. The van der Waals surface area contributed by atoms with E-state index in [0.717, 1.165) is 19.3 Å². The molecule has 0 bridgehead atoms. The fourth-order valence-electron chi connectivity index (χ4n) is 0.471. The molecule has 0 spiro atoms. The molecule has 0 unspecified atom stereocenters. The Bertz CT molecular complexity index is 50.3. The Morgan fingerprint density at radius 2 is 2.25 bits per heavy atom. The van der Waals surface area contributed by atoms with Gasteiger partial charge in [-0.2, -0.15) is 0 Å². The molecule has 0 fully saturated rings. The maximum atomic E-state index is 8.32. The minimum Gasteiger partial charge on any atom is -0.396 e. The van der Waals surface area contributed by atoms with Crippen LogP contribution in [-0.4, -0.2) is 11.7 Å². The number of hydrogen-bond acceptors (Lipinski definition) is 1.